The highest BCUT2D eigenvalue weighted by atomic mass is 32.2. The Bertz CT molecular complexity index is 794. The van der Waals surface area contributed by atoms with Gasteiger partial charge in [0.2, 0.25) is 5.91 Å². The van der Waals surface area contributed by atoms with Crippen LogP contribution in [0.4, 0.5) is 0 Å². The molecule has 1 aromatic carbocycles. The van der Waals surface area contributed by atoms with Gasteiger partial charge in [0.1, 0.15) is 11.3 Å². The number of rotatable bonds is 7. The molecule has 0 fully saturated rings. The van der Waals surface area contributed by atoms with Crippen molar-refractivity contribution in [1.82, 2.24) is 19.9 Å². The zero-order chi connectivity index (χ0) is 16.9. The molecule has 0 aliphatic rings. The van der Waals surface area contributed by atoms with Crippen LogP contribution >= 0.6 is 11.8 Å². The highest BCUT2D eigenvalue weighted by Crippen LogP contribution is 2.28. The van der Waals surface area contributed by atoms with E-state index < -0.39 is 0 Å². The Morgan fingerprint density at radius 1 is 1.42 bits per heavy atom. The van der Waals surface area contributed by atoms with Gasteiger partial charge in [0.25, 0.3) is 5.22 Å². The lowest BCUT2D eigenvalue weighted by molar-refractivity contribution is -0.120. The Morgan fingerprint density at radius 3 is 2.96 bits per heavy atom. The lowest BCUT2D eigenvalue weighted by Gasteiger charge is -2.13. The molecule has 0 saturated heterocycles. The maximum atomic E-state index is 12.4. The molecule has 1 unspecified atom stereocenters. The Hall–Kier alpha value is -2.28. The first kappa shape index (κ1) is 16.6. The van der Waals surface area contributed by atoms with E-state index in [0.717, 1.165) is 16.9 Å². The number of carbonyl (C=O) groups excluding carboxylic acids is 1. The average molecular weight is 344 g/mol. The molecule has 3 rings (SSSR count). The van der Waals surface area contributed by atoms with Crippen molar-refractivity contribution in [3.8, 4) is 0 Å². The molecule has 1 N–H and O–H groups in total. The van der Waals surface area contributed by atoms with Crippen molar-refractivity contribution in [3.05, 3.63) is 42.5 Å². The molecular formula is C17H20N4O2S. The van der Waals surface area contributed by atoms with Crippen molar-refractivity contribution in [3.63, 3.8) is 0 Å². The van der Waals surface area contributed by atoms with Gasteiger partial charge in [0, 0.05) is 25.5 Å². The molecule has 1 amide bonds. The van der Waals surface area contributed by atoms with Crippen LogP contribution in [-0.2, 0) is 11.3 Å². The summed E-state index contributed by atoms with van der Waals surface area (Å²) in [6.45, 7) is 5.21. The zero-order valence-corrected chi connectivity index (χ0v) is 14.5. The minimum atomic E-state index is -0.220. The van der Waals surface area contributed by atoms with Crippen LogP contribution in [0.25, 0.3) is 11.1 Å². The molecule has 0 aliphatic heterocycles. The van der Waals surface area contributed by atoms with Gasteiger partial charge in [0.15, 0.2) is 5.58 Å². The van der Waals surface area contributed by atoms with E-state index in [1.807, 2.05) is 48.9 Å². The van der Waals surface area contributed by atoms with Gasteiger partial charge in [-0.15, -0.1) is 0 Å². The van der Waals surface area contributed by atoms with Crippen molar-refractivity contribution in [2.75, 3.05) is 6.54 Å². The number of hydrogen-bond donors (Lipinski definition) is 1. The van der Waals surface area contributed by atoms with Gasteiger partial charge in [-0.25, -0.2) is 9.97 Å². The van der Waals surface area contributed by atoms with Crippen LogP contribution in [0.15, 0.2) is 46.3 Å². The molecule has 126 valence electrons. The van der Waals surface area contributed by atoms with Gasteiger partial charge >= 0.3 is 0 Å². The van der Waals surface area contributed by atoms with Gasteiger partial charge in [-0.05, 0) is 25.5 Å². The van der Waals surface area contributed by atoms with Gasteiger partial charge < -0.3 is 14.3 Å². The van der Waals surface area contributed by atoms with Crippen molar-refractivity contribution in [1.29, 1.82) is 0 Å². The molecule has 7 heteroatoms. The van der Waals surface area contributed by atoms with E-state index >= 15 is 0 Å². The zero-order valence-electron chi connectivity index (χ0n) is 13.7. The van der Waals surface area contributed by atoms with Crippen molar-refractivity contribution in [2.24, 2.45) is 0 Å². The number of para-hydroxylation sites is 2. The smallest absolute Gasteiger partial charge is 0.257 e. The summed E-state index contributed by atoms with van der Waals surface area (Å²) >= 11 is 1.36. The summed E-state index contributed by atoms with van der Waals surface area (Å²) in [6, 6.07) is 7.60. The molecule has 0 saturated carbocycles. The van der Waals surface area contributed by atoms with E-state index in [4.69, 9.17) is 4.42 Å². The van der Waals surface area contributed by atoms with Gasteiger partial charge in [-0.3, -0.25) is 4.79 Å². The van der Waals surface area contributed by atoms with E-state index in [-0.39, 0.29) is 11.2 Å². The lowest BCUT2D eigenvalue weighted by Crippen LogP contribution is -2.34. The second-order valence-corrected chi connectivity index (χ2v) is 6.58. The quantitative estimate of drug-likeness (QED) is 0.667. The lowest BCUT2D eigenvalue weighted by atomic mass is 10.3. The summed E-state index contributed by atoms with van der Waals surface area (Å²) in [5.74, 6) is 0.944. The maximum absolute atomic E-state index is 12.4. The summed E-state index contributed by atoms with van der Waals surface area (Å²) in [6.07, 6.45) is 4.38. The van der Waals surface area contributed by atoms with E-state index in [0.29, 0.717) is 24.7 Å². The third-order valence-electron chi connectivity index (χ3n) is 3.76. The van der Waals surface area contributed by atoms with Crippen LogP contribution < -0.4 is 5.32 Å². The van der Waals surface area contributed by atoms with Crippen molar-refractivity contribution in [2.45, 2.75) is 37.3 Å². The van der Waals surface area contributed by atoms with Crippen LogP contribution in [0.2, 0.25) is 0 Å². The molecule has 0 spiro atoms. The molecule has 0 aliphatic carbocycles. The summed E-state index contributed by atoms with van der Waals surface area (Å²) in [4.78, 5) is 21.0. The van der Waals surface area contributed by atoms with E-state index in [1.54, 1.807) is 6.20 Å². The third-order valence-corrected chi connectivity index (χ3v) is 4.96. The fourth-order valence-electron chi connectivity index (χ4n) is 2.40. The van der Waals surface area contributed by atoms with Crippen LogP contribution in [-0.4, -0.2) is 32.2 Å². The second kappa shape index (κ2) is 7.53. The standard InChI is InChI=1S/C17H20N4O2S/c1-3-15(16(22)19-9-11-21-10-8-18-12(21)2)24-17-20-13-6-4-5-7-14(13)23-17/h4-8,10,15H,3,9,11H2,1-2H3,(H,19,22). The fraction of sp³-hybridized carbons (Fsp3) is 0.353. The van der Waals surface area contributed by atoms with E-state index in [2.05, 4.69) is 15.3 Å². The summed E-state index contributed by atoms with van der Waals surface area (Å²) < 4.78 is 7.70. The third kappa shape index (κ3) is 3.79. The van der Waals surface area contributed by atoms with Gasteiger partial charge in [-0.2, -0.15) is 0 Å². The normalized spacial score (nSPS) is 12.4. The number of aromatic nitrogens is 3. The number of thioether (sulfide) groups is 1. The van der Waals surface area contributed by atoms with Crippen LogP contribution in [0.5, 0.6) is 0 Å². The highest BCUT2D eigenvalue weighted by molar-refractivity contribution is 8.00. The van der Waals surface area contributed by atoms with Crippen LogP contribution in [0.3, 0.4) is 0 Å². The first-order valence-corrected chi connectivity index (χ1v) is 8.83. The number of oxazole rings is 1. The number of nitrogens with one attached hydrogen (secondary N) is 1. The van der Waals surface area contributed by atoms with Gasteiger partial charge in [-0.1, -0.05) is 30.8 Å². The second-order valence-electron chi connectivity index (χ2n) is 5.42. The maximum Gasteiger partial charge on any atom is 0.257 e. The number of nitrogens with zero attached hydrogens (tertiary/aromatic N) is 3. The van der Waals surface area contributed by atoms with Crippen molar-refractivity contribution >= 4 is 28.8 Å². The first-order valence-electron chi connectivity index (χ1n) is 7.95. The minimum Gasteiger partial charge on any atom is -0.431 e. The predicted molar refractivity (Wildman–Crippen MR) is 93.9 cm³/mol. The molecule has 0 radical (unpaired) electrons. The Labute approximate surface area is 144 Å². The number of amides is 1. The Morgan fingerprint density at radius 2 is 2.25 bits per heavy atom. The minimum absolute atomic E-state index is 0.00234. The summed E-state index contributed by atoms with van der Waals surface area (Å²) in [7, 11) is 0. The first-order chi connectivity index (χ1) is 11.7. The van der Waals surface area contributed by atoms with Gasteiger partial charge in [0.05, 0.1) is 5.25 Å². The Kier molecular flexibility index (Phi) is 5.20. The average Bonchev–Trinajstić information content (AvgIpc) is 3.18. The molecule has 1 atom stereocenters. The number of fused-ring (bicyclic) bond motifs is 1. The SMILES string of the molecule is CCC(Sc1nc2ccccc2o1)C(=O)NCCn1ccnc1C. The number of benzene rings is 1. The highest BCUT2D eigenvalue weighted by Gasteiger charge is 2.20. The van der Waals surface area contributed by atoms with E-state index in [1.165, 1.54) is 11.8 Å². The molecule has 0 bridgehead atoms. The topological polar surface area (TPSA) is 73.0 Å². The molecule has 3 aromatic rings. The molecular weight excluding hydrogens is 324 g/mol. The monoisotopic (exact) mass is 344 g/mol. The fourth-order valence-corrected chi connectivity index (χ4v) is 3.29. The number of hydrogen-bond acceptors (Lipinski definition) is 5. The predicted octanol–water partition coefficient (Wildman–Crippen LogP) is 3.02. The Balaban J connectivity index is 1.56. The largest absolute Gasteiger partial charge is 0.431 e. The van der Waals surface area contributed by atoms with Crippen molar-refractivity contribution < 1.29 is 9.21 Å². The van der Waals surface area contributed by atoms with Crippen LogP contribution in [0, 0.1) is 6.92 Å². The number of carbonyl (C=O) groups is 1. The molecule has 2 aromatic heterocycles. The molecule has 24 heavy (non-hydrogen) atoms. The molecule has 2 heterocycles. The summed E-state index contributed by atoms with van der Waals surface area (Å²) in [5.41, 5.74) is 1.55. The summed E-state index contributed by atoms with van der Waals surface area (Å²) in [5, 5.41) is 3.29. The van der Waals surface area contributed by atoms with E-state index in [9.17, 15) is 4.79 Å². The number of aryl methyl sites for hydroxylation is 1. The van der Waals surface area contributed by atoms with Crippen LogP contribution in [0.1, 0.15) is 19.2 Å². The number of imidazole rings is 1. The molecule has 6 nitrogen and oxygen atoms in total.